The van der Waals surface area contributed by atoms with Crippen LogP contribution in [0.2, 0.25) is 0 Å². The second kappa shape index (κ2) is 5.76. The van der Waals surface area contributed by atoms with E-state index in [9.17, 15) is 9.59 Å². The quantitative estimate of drug-likeness (QED) is 0.660. The Morgan fingerprint density at radius 2 is 1.94 bits per heavy atom. The maximum Gasteiger partial charge on any atom is 0.327 e. The molecule has 1 amide bonds. The third kappa shape index (κ3) is 4.58. The molecule has 0 aromatic carbocycles. The number of hydrogen-bond donors (Lipinski definition) is 3. The first kappa shape index (κ1) is 14.4. The Labute approximate surface area is 108 Å². The summed E-state index contributed by atoms with van der Waals surface area (Å²) in [7, 11) is 0. The number of nitrogens with one attached hydrogen (secondary N) is 1. The summed E-state index contributed by atoms with van der Waals surface area (Å²) in [5.41, 5.74) is 0. The molecule has 0 heterocycles. The predicted octanol–water partition coefficient (Wildman–Crippen LogP) is 1.84. The van der Waals surface area contributed by atoms with Gasteiger partial charge in [-0.05, 0) is 32.6 Å². The smallest absolute Gasteiger partial charge is 0.327 e. The topological polar surface area (TPSA) is 66.4 Å². The molecule has 0 aliphatic heterocycles. The van der Waals surface area contributed by atoms with Gasteiger partial charge in [0.15, 0.2) is 0 Å². The largest absolute Gasteiger partial charge is 0.480 e. The lowest BCUT2D eigenvalue weighted by Gasteiger charge is -2.27. The van der Waals surface area contributed by atoms with Crippen molar-refractivity contribution in [3.05, 3.63) is 0 Å². The minimum Gasteiger partial charge on any atom is -0.480 e. The van der Waals surface area contributed by atoms with Gasteiger partial charge in [0.2, 0.25) is 5.91 Å². The number of hydrogen-bond acceptors (Lipinski definition) is 3. The zero-order valence-electron chi connectivity index (χ0n) is 10.4. The number of carboxylic acids is 1. The number of aliphatic carboxylic acids is 1. The Morgan fingerprint density at radius 3 is 2.35 bits per heavy atom. The molecule has 5 heteroatoms. The normalized spacial score (nSPS) is 19.0. The third-order valence-electron chi connectivity index (χ3n) is 3.21. The van der Waals surface area contributed by atoms with Gasteiger partial charge in [-0.2, -0.15) is 12.6 Å². The van der Waals surface area contributed by atoms with Gasteiger partial charge in [0.1, 0.15) is 6.04 Å². The van der Waals surface area contributed by atoms with Crippen molar-refractivity contribution in [2.75, 3.05) is 0 Å². The maximum absolute atomic E-state index is 11.8. The predicted molar refractivity (Wildman–Crippen MR) is 69.2 cm³/mol. The van der Waals surface area contributed by atoms with E-state index < -0.39 is 16.8 Å². The van der Waals surface area contributed by atoms with Crippen molar-refractivity contribution in [1.29, 1.82) is 0 Å². The average Bonchev–Trinajstić information content (AvgIpc) is 2.64. The molecule has 0 spiro atoms. The molecule has 1 rings (SSSR count). The molecule has 17 heavy (non-hydrogen) atoms. The molecule has 1 saturated carbocycles. The number of carboxylic acid groups (broad SMARTS) is 1. The zero-order valence-corrected chi connectivity index (χ0v) is 11.3. The molecule has 2 N–H and O–H groups in total. The summed E-state index contributed by atoms with van der Waals surface area (Å²) in [5, 5.41) is 11.6. The van der Waals surface area contributed by atoms with Crippen LogP contribution in [-0.2, 0) is 9.59 Å². The molecule has 1 fully saturated rings. The van der Waals surface area contributed by atoms with Crippen LogP contribution in [0.15, 0.2) is 0 Å². The van der Waals surface area contributed by atoms with Gasteiger partial charge < -0.3 is 10.4 Å². The molecule has 1 unspecified atom stereocenters. The Hall–Kier alpha value is -0.710. The van der Waals surface area contributed by atoms with Crippen LogP contribution in [0.4, 0.5) is 0 Å². The van der Waals surface area contributed by atoms with Crippen LogP contribution in [0.5, 0.6) is 0 Å². The highest BCUT2D eigenvalue weighted by atomic mass is 32.1. The van der Waals surface area contributed by atoms with Crippen molar-refractivity contribution in [1.82, 2.24) is 5.32 Å². The number of rotatable bonds is 5. The van der Waals surface area contributed by atoms with Crippen molar-refractivity contribution in [2.24, 2.45) is 5.92 Å². The molecular weight excluding hydrogens is 238 g/mol. The molecule has 0 saturated heterocycles. The van der Waals surface area contributed by atoms with Crippen molar-refractivity contribution in [2.45, 2.75) is 56.7 Å². The zero-order chi connectivity index (χ0) is 13.1. The van der Waals surface area contributed by atoms with E-state index in [1.807, 2.05) is 0 Å². The SMILES string of the molecule is CC(C)(S)C(NC(=O)CC1CCCC1)C(=O)O. The van der Waals surface area contributed by atoms with Gasteiger partial charge in [0.25, 0.3) is 0 Å². The van der Waals surface area contributed by atoms with Gasteiger partial charge in [-0.15, -0.1) is 0 Å². The molecular formula is C12H21NO3S. The molecule has 1 aliphatic rings. The third-order valence-corrected chi connectivity index (χ3v) is 3.47. The van der Waals surface area contributed by atoms with Crippen molar-refractivity contribution < 1.29 is 14.7 Å². The summed E-state index contributed by atoms with van der Waals surface area (Å²) in [6.45, 7) is 3.37. The fourth-order valence-electron chi connectivity index (χ4n) is 2.24. The van der Waals surface area contributed by atoms with Gasteiger partial charge in [-0.1, -0.05) is 12.8 Å². The Morgan fingerprint density at radius 1 is 1.41 bits per heavy atom. The molecule has 0 aromatic heterocycles. The van der Waals surface area contributed by atoms with Crippen molar-refractivity contribution >= 4 is 24.5 Å². The van der Waals surface area contributed by atoms with Crippen LogP contribution in [-0.4, -0.2) is 27.8 Å². The van der Waals surface area contributed by atoms with E-state index in [0.717, 1.165) is 12.8 Å². The van der Waals surface area contributed by atoms with Crippen molar-refractivity contribution in [3.8, 4) is 0 Å². The summed E-state index contributed by atoms with van der Waals surface area (Å²) in [4.78, 5) is 22.8. The summed E-state index contributed by atoms with van der Waals surface area (Å²) in [6, 6.07) is -0.945. The summed E-state index contributed by atoms with van der Waals surface area (Å²) in [5.74, 6) is -0.788. The highest BCUT2D eigenvalue weighted by Gasteiger charge is 2.34. The van der Waals surface area contributed by atoms with Crippen molar-refractivity contribution in [3.63, 3.8) is 0 Å². The molecule has 0 radical (unpaired) electrons. The summed E-state index contributed by atoms with van der Waals surface area (Å²) < 4.78 is -0.767. The molecule has 4 nitrogen and oxygen atoms in total. The fourth-order valence-corrected chi connectivity index (χ4v) is 2.41. The first-order chi connectivity index (χ1) is 7.80. The standard InChI is InChI=1S/C12H21NO3S/c1-12(2,17)10(11(15)16)13-9(14)7-8-5-3-4-6-8/h8,10,17H,3-7H2,1-2H3,(H,13,14)(H,15,16). The van der Waals surface area contributed by atoms with Crippen LogP contribution in [0, 0.1) is 5.92 Å². The second-order valence-corrected chi connectivity index (χ2v) is 6.50. The minimum atomic E-state index is -1.04. The minimum absolute atomic E-state index is 0.175. The van der Waals surface area contributed by atoms with E-state index in [1.165, 1.54) is 12.8 Å². The van der Waals surface area contributed by atoms with Gasteiger partial charge >= 0.3 is 5.97 Å². The first-order valence-corrected chi connectivity index (χ1v) is 6.50. The number of carbonyl (C=O) groups excluding carboxylic acids is 1. The number of amides is 1. The lowest BCUT2D eigenvalue weighted by atomic mass is 10.0. The van der Waals surface area contributed by atoms with Crippen LogP contribution >= 0.6 is 12.6 Å². The van der Waals surface area contributed by atoms with E-state index in [0.29, 0.717) is 12.3 Å². The van der Waals surface area contributed by atoms with E-state index in [1.54, 1.807) is 13.8 Å². The average molecular weight is 259 g/mol. The lowest BCUT2D eigenvalue weighted by molar-refractivity contribution is -0.142. The van der Waals surface area contributed by atoms with Crippen LogP contribution in [0.25, 0.3) is 0 Å². The van der Waals surface area contributed by atoms with Crippen LogP contribution in [0.1, 0.15) is 46.0 Å². The maximum atomic E-state index is 11.8. The number of thiol groups is 1. The molecule has 1 atom stereocenters. The van der Waals surface area contributed by atoms with E-state index >= 15 is 0 Å². The Bertz CT molecular complexity index is 293. The van der Waals surface area contributed by atoms with E-state index in [4.69, 9.17) is 5.11 Å². The van der Waals surface area contributed by atoms with Gasteiger partial charge in [-0.3, -0.25) is 4.79 Å². The van der Waals surface area contributed by atoms with E-state index in [-0.39, 0.29) is 5.91 Å². The Kier molecular flexibility index (Phi) is 4.86. The van der Waals surface area contributed by atoms with Crippen LogP contribution < -0.4 is 5.32 Å². The van der Waals surface area contributed by atoms with Crippen LogP contribution in [0.3, 0.4) is 0 Å². The highest BCUT2D eigenvalue weighted by molar-refractivity contribution is 7.81. The van der Waals surface area contributed by atoms with E-state index in [2.05, 4.69) is 17.9 Å². The number of carbonyl (C=O) groups is 2. The van der Waals surface area contributed by atoms with Gasteiger partial charge in [0.05, 0.1) is 0 Å². The Balaban J connectivity index is 2.49. The summed E-state index contributed by atoms with van der Waals surface area (Å²) in [6.07, 6.45) is 4.95. The fraction of sp³-hybridized carbons (Fsp3) is 0.833. The highest BCUT2D eigenvalue weighted by Crippen LogP contribution is 2.27. The van der Waals surface area contributed by atoms with Gasteiger partial charge in [-0.25, -0.2) is 4.79 Å². The lowest BCUT2D eigenvalue weighted by Crippen LogP contribution is -2.51. The summed E-state index contributed by atoms with van der Waals surface area (Å²) >= 11 is 4.22. The second-order valence-electron chi connectivity index (χ2n) is 5.35. The first-order valence-electron chi connectivity index (χ1n) is 6.05. The monoisotopic (exact) mass is 259 g/mol. The molecule has 0 bridgehead atoms. The molecule has 1 aliphatic carbocycles. The molecule has 98 valence electrons. The molecule has 0 aromatic rings. The van der Waals surface area contributed by atoms with Gasteiger partial charge in [0, 0.05) is 11.2 Å².